The summed E-state index contributed by atoms with van der Waals surface area (Å²) in [6, 6.07) is 0. The number of allylic oxidation sites excluding steroid dienone is 1. The molecule has 0 fully saturated rings. The number of carbonyl (C=O) groups excluding carboxylic acids is 1. The van der Waals surface area contributed by atoms with Gasteiger partial charge in [-0.1, -0.05) is 0 Å². The van der Waals surface area contributed by atoms with Crippen LogP contribution in [0.2, 0.25) is 0 Å². The van der Waals surface area contributed by atoms with Crippen molar-refractivity contribution in [3.8, 4) is 0 Å². The van der Waals surface area contributed by atoms with Crippen molar-refractivity contribution in [3.63, 3.8) is 0 Å². The Hall–Kier alpha value is -1.32. The first kappa shape index (κ1) is 11.7. The molecule has 0 amide bonds. The van der Waals surface area contributed by atoms with Crippen molar-refractivity contribution in [2.45, 2.75) is 13.8 Å². The molecular formula is C9H16N2O2. The van der Waals surface area contributed by atoms with Crippen LogP contribution < -0.4 is 0 Å². The van der Waals surface area contributed by atoms with Crippen LogP contribution in [0.3, 0.4) is 0 Å². The van der Waals surface area contributed by atoms with Crippen LogP contribution in [0.5, 0.6) is 0 Å². The molecule has 0 bridgehead atoms. The van der Waals surface area contributed by atoms with Crippen LogP contribution in [0.15, 0.2) is 16.8 Å². The second-order valence-electron chi connectivity index (χ2n) is 2.75. The van der Waals surface area contributed by atoms with Gasteiger partial charge in [0.2, 0.25) is 0 Å². The van der Waals surface area contributed by atoms with E-state index in [0.717, 1.165) is 0 Å². The number of aliphatic imine (C=N–C) groups is 1. The Morgan fingerprint density at radius 2 is 2.15 bits per heavy atom. The Balaban J connectivity index is 4.08. The van der Waals surface area contributed by atoms with Crippen molar-refractivity contribution in [3.05, 3.63) is 11.8 Å². The minimum absolute atomic E-state index is 0.351. The molecule has 0 aromatic rings. The molecule has 13 heavy (non-hydrogen) atoms. The smallest absolute Gasteiger partial charge is 0.332 e. The molecule has 0 rings (SSSR count). The number of ether oxygens (including phenoxy) is 1. The summed E-state index contributed by atoms with van der Waals surface area (Å²) in [5, 5.41) is 0. The highest BCUT2D eigenvalue weighted by atomic mass is 16.5. The number of hydrogen-bond donors (Lipinski definition) is 0. The zero-order valence-electron chi connectivity index (χ0n) is 8.57. The fourth-order valence-electron chi connectivity index (χ4n) is 0.598. The van der Waals surface area contributed by atoms with Gasteiger partial charge in [-0.15, -0.1) is 0 Å². The van der Waals surface area contributed by atoms with Crippen molar-refractivity contribution in [2.24, 2.45) is 4.99 Å². The summed E-state index contributed by atoms with van der Waals surface area (Å²) in [6.45, 7) is 3.90. The molecule has 4 nitrogen and oxygen atoms in total. The second kappa shape index (κ2) is 6.22. The van der Waals surface area contributed by atoms with Crippen molar-refractivity contribution in [1.82, 2.24) is 4.90 Å². The highest BCUT2D eigenvalue weighted by Crippen LogP contribution is 1.94. The van der Waals surface area contributed by atoms with Crippen LogP contribution in [0, 0.1) is 0 Å². The van der Waals surface area contributed by atoms with Crippen LogP contribution in [0.25, 0.3) is 0 Å². The summed E-state index contributed by atoms with van der Waals surface area (Å²) >= 11 is 0. The summed E-state index contributed by atoms with van der Waals surface area (Å²) in [6.07, 6.45) is 2.99. The summed E-state index contributed by atoms with van der Waals surface area (Å²) in [7, 11) is 3.72. The number of rotatable bonds is 4. The molecule has 0 spiro atoms. The summed E-state index contributed by atoms with van der Waals surface area (Å²) in [5.41, 5.74) is 0.632. The van der Waals surface area contributed by atoms with Gasteiger partial charge in [0.05, 0.1) is 12.9 Å². The van der Waals surface area contributed by atoms with Gasteiger partial charge in [0.1, 0.15) is 0 Å². The standard InChI is InChI=1S/C9H16N2O2/c1-5-13-9(12)6-8(2)10-7-11(3)4/h6-7H,5H2,1-4H3. The second-order valence-corrected chi connectivity index (χ2v) is 2.75. The average molecular weight is 184 g/mol. The summed E-state index contributed by atoms with van der Waals surface area (Å²) in [5.74, 6) is -0.351. The van der Waals surface area contributed by atoms with E-state index in [1.807, 2.05) is 14.1 Å². The van der Waals surface area contributed by atoms with Crippen molar-refractivity contribution < 1.29 is 9.53 Å². The lowest BCUT2D eigenvalue weighted by Gasteiger charge is -2.02. The van der Waals surface area contributed by atoms with Crippen molar-refractivity contribution in [1.29, 1.82) is 0 Å². The van der Waals surface area contributed by atoms with Crippen LogP contribution in [0.4, 0.5) is 0 Å². The number of esters is 1. The topological polar surface area (TPSA) is 41.9 Å². The molecule has 0 aliphatic rings. The minimum atomic E-state index is -0.351. The lowest BCUT2D eigenvalue weighted by atomic mass is 10.4. The quantitative estimate of drug-likeness (QED) is 0.284. The monoisotopic (exact) mass is 184 g/mol. The molecule has 0 atom stereocenters. The molecule has 0 saturated heterocycles. The van der Waals surface area contributed by atoms with E-state index in [-0.39, 0.29) is 5.97 Å². The molecular weight excluding hydrogens is 168 g/mol. The largest absolute Gasteiger partial charge is 0.463 e. The van der Waals surface area contributed by atoms with E-state index in [0.29, 0.717) is 12.3 Å². The van der Waals surface area contributed by atoms with Gasteiger partial charge in [0, 0.05) is 25.9 Å². The first-order valence-corrected chi connectivity index (χ1v) is 4.12. The average Bonchev–Trinajstić information content (AvgIpc) is 2.01. The zero-order chi connectivity index (χ0) is 10.3. The molecule has 0 aromatic heterocycles. The van der Waals surface area contributed by atoms with Gasteiger partial charge < -0.3 is 9.64 Å². The van der Waals surface area contributed by atoms with E-state index in [1.54, 1.807) is 25.1 Å². The predicted molar refractivity (Wildman–Crippen MR) is 52.6 cm³/mol. The molecule has 74 valence electrons. The predicted octanol–water partition coefficient (Wildman–Crippen LogP) is 1.04. The van der Waals surface area contributed by atoms with Gasteiger partial charge >= 0.3 is 5.97 Å². The molecule has 0 aliphatic heterocycles. The number of hydrogen-bond acceptors (Lipinski definition) is 3. The number of nitrogens with zero attached hydrogens (tertiary/aromatic N) is 2. The molecule has 0 saturated carbocycles. The van der Waals surface area contributed by atoms with Crippen LogP contribution in [-0.4, -0.2) is 37.9 Å². The van der Waals surface area contributed by atoms with Crippen molar-refractivity contribution >= 4 is 12.3 Å². The van der Waals surface area contributed by atoms with E-state index in [9.17, 15) is 4.79 Å². The van der Waals surface area contributed by atoms with Gasteiger partial charge in [-0.25, -0.2) is 9.79 Å². The highest BCUT2D eigenvalue weighted by molar-refractivity contribution is 5.82. The Labute approximate surface area is 78.9 Å². The van der Waals surface area contributed by atoms with Gasteiger partial charge in [-0.05, 0) is 13.8 Å². The molecule has 0 radical (unpaired) electrons. The fraction of sp³-hybridized carbons (Fsp3) is 0.556. The third-order valence-electron chi connectivity index (χ3n) is 1.11. The summed E-state index contributed by atoms with van der Waals surface area (Å²) < 4.78 is 4.72. The third kappa shape index (κ3) is 7.05. The zero-order valence-corrected chi connectivity index (χ0v) is 8.57. The summed E-state index contributed by atoms with van der Waals surface area (Å²) in [4.78, 5) is 16.7. The maximum Gasteiger partial charge on any atom is 0.332 e. The molecule has 0 N–H and O–H groups in total. The normalized spacial score (nSPS) is 11.8. The molecule has 0 aromatic carbocycles. The van der Waals surface area contributed by atoms with Gasteiger partial charge in [-0.3, -0.25) is 0 Å². The van der Waals surface area contributed by atoms with E-state index in [2.05, 4.69) is 4.99 Å². The van der Waals surface area contributed by atoms with Crippen LogP contribution >= 0.6 is 0 Å². The molecule has 4 heteroatoms. The van der Waals surface area contributed by atoms with Gasteiger partial charge in [0.15, 0.2) is 0 Å². The third-order valence-corrected chi connectivity index (χ3v) is 1.11. The molecule has 0 heterocycles. The Morgan fingerprint density at radius 3 is 2.62 bits per heavy atom. The molecule has 0 aliphatic carbocycles. The maximum atomic E-state index is 10.9. The molecule has 0 unspecified atom stereocenters. The fourth-order valence-corrected chi connectivity index (χ4v) is 0.598. The Kier molecular flexibility index (Phi) is 5.59. The maximum absolute atomic E-state index is 10.9. The number of carbonyl (C=O) groups is 1. The minimum Gasteiger partial charge on any atom is -0.463 e. The van der Waals surface area contributed by atoms with E-state index in [1.165, 1.54) is 6.08 Å². The lowest BCUT2D eigenvalue weighted by molar-refractivity contribution is -0.137. The van der Waals surface area contributed by atoms with Crippen LogP contribution in [-0.2, 0) is 9.53 Å². The van der Waals surface area contributed by atoms with Crippen LogP contribution in [0.1, 0.15) is 13.8 Å². The van der Waals surface area contributed by atoms with Gasteiger partial charge in [0.25, 0.3) is 0 Å². The highest BCUT2D eigenvalue weighted by Gasteiger charge is 1.95. The SMILES string of the molecule is CCOC(=O)C=C(C)N=CN(C)C. The first-order chi connectivity index (χ1) is 6.06. The van der Waals surface area contributed by atoms with E-state index in [4.69, 9.17) is 4.74 Å². The Morgan fingerprint density at radius 1 is 1.54 bits per heavy atom. The van der Waals surface area contributed by atoms with E-state index < -0.39 is 0 Å². The lowest BCUT2D eigenvalue weighted by Crippen LogP contribution is -2.07. The van der Waals surface area contributed by atoms with E-state index >= 15 is 0 Å². The van der Waals surface area contributed by atoms with Gasteiger partial charge in [-0.2, -0.15) is 0 Å². The first-order valence-electron chi connectivity index (χ1n) is 4.12. The Bertz CT molecular complexity index is 220. The van der Waals surface area contributed by atoms with Crippen molar-refractivity contribution in [2.75, 3.05) is 20.7 Å².